The quantitative estimate of drug-likeness (QED) is 0.797. The number of hydrogen-bond acceptors (Lipinski definition) is 5. The predicted molar refractivity (Wildman–Crippen MR) is 83.1 cm³/mol. The van der Waals surface area contributed by atoms with Crippen LogP contribution in [-0.2, 0) is 4.74 Å². The topological polar surface area (TPSA) is 64.5 Å². The number of halogens is 1. The van der Waals surface area contributed by atoms with Gasteiger partial charge in [0.05, 0.1) is 6.04 Å². The fourth-order valence-corrected chi connectivity index (χ4v) is 2.46. The number of amides is 1. The van der Waals surface area contributed by atoms with Crippen LogP contribution < -0.4 is 4.74 Å². The molecule has 6 nitrogen and oxygen atoms in total. The van der Waals surface area contributed by atoms with Gasteiger partial charge in [0.2, 0.25) is 11.2 Å². The average Bonchev–Trinajstić information content (AvgIpc) is 2.44. The number of carbonyl (C=O) groups excluding carboxylic acids is 1. The van der Waals surface area contributed by atoms with Crippen molar-refractivity contribution in [1.29, 1.82) is 0 Å². The Bertz CT molecular complexity index is 519. The van der Waals surface area contributed by atoms with Gasteiger partial charge in [0.15, 0.2) is 0 Å². The second kappa shape index (κ2) is 7.13. The molecule has 1 aromatic heterocycles. The molecule has 122 valence electrons. The number of aromatic nitrogens is 2. The second-order valence-corrected chi connectivity index (χ2v) is 6.64. The molecule has 0 N–H and O–H groups in total. The van der Waals surface area contributed by atoms with Crippen molar-refractivity contribution >= 4 is 17.7 Å². The third kappa shape index (κ3) is 5.02. The zero-order chi connectivity index (χ0) is 16.2. The molecule has 0 saturated carbocycles. The van der Waals surface area contributed by atoms with Crippen LogP contribution in [0.4, 0.5) is 4.79 Å². The van der Waals surface area contributed by atoms with Crippen LogP contribution in [0.3, 0.4) is 0 Å². The van der Waals surface area contributed by atoms with Crippen molar-refractivity contribution in [3.05, 3.63) is 17.5 Å². The van der Waals surface area contributed by atoms with E-state index in [1.54, 1.807) is 11.0 Å². The van der Waals surface area contributed by atoms with Crippen molar-refractivity contribution in [2.75, 3.05) is 13.2 Å². The molecule has 1 aliphatic heterocycles. The lowest BCUT2D eigenvalue weighted by Crippen LogP contribution is -2.48. The van der Waals surface area contributed by atoms with Gasteiger partial charge in [-0.15, -0.1) is 0 Å². The average molecular weight is 328 g/mol. The molecule has 1 atom stereocenters. The van der Waals surface area contributed by atoms with Gasteiger partial charge < -0.3 is 14.4 Å². The Morgan fingerprint density at radius 1 is 1.45 bits per heavy atom. The molecule has 0 unspecified atom stereocenters. The highest BCUT2D eigenvalue weighted by atomic mass is 35.5. The molecule has 0 spiro atoms. The molecule has 1 fully saturated rings. The van der Waals surface area contributed by atoms with Gasteiger partial charge in [-0.1, -0.05) is 0 Å². The molecule has 2 heterocycles. The summed E-state index contributed by atoms with van der Waals surface area (Å²) in [6.45, 7) is 6.65. The highest BCUT2D eigenvalue weighted by Gasteiger charge is 2.30. The van der Waals surface area contributed by atoms with E-state index in [4.69, 9.17) is 21.1 Å². The highest BCUT2D eigenvalue weighted by molar-refractivity contribution is 6.28. The van der Waals surface area contributed by atoms with Crippen molar-refractivity contribution in [2.45, 2.75) is 51.7 Å². The van der Waals surface area contributed by atoms with Crippen LogP contribution in [0.2, 0.25) is 5.28 Å². The first-order valence-electron chi connectivity index (χ1n) is 7.46. The fourth-order valence-electron chi connectivity index (χ4n) is 2.32. The molecule has 0 radical (unpaired) electrons. The van der Waals surface area contributed by atoms with E-state index in [9.17, 15) is 4.79 Å². The van der Waals surface area contributed by atoms with Crippen LogP contribution in [0, 0.1) is 0 Å². The zero-order valence-electron chi connectivity index (χ0n) is 13.2. The molecule has 1 saturated heterocycles. The minimum absolute atomic E-state index is 0.0164. The van der Waals surface area contributed by atoms with E-state index in [1.807, 2.05) is 20.8 Å². The van der Waals surface area contributed by atoms with Crippen molar-refractivity contribution in [1.82, 2.24) is 14.9 Å². The lowest BCUT2D eigenvalue weighted by Gasteiger charge is -2.36. The van der Waals surface area contributed by atoms with Gasteiger partial charge in [-0.3, -0.25) is 0 Å². The lowest BCUT2D eigenvalue weighted by atomic mass is 10.0. The zero-order valence-corrected chi connectivity index (χ0v) is 14.0. The third-order valence-corrected chi connectivity index (χ3v) is 3.46. The van der Waals surface area contributed by atoms with E-state index in [1.165, 1.54) is 6.20 Å². The maximum Gasteiger partial charge on any atom is 0.410 e. The number of nitrogens with zero attached hydrogens (tertiary/aromatic N) is 3. The molecule has 1 amide bonds. The minimum Gasteiger partial charge on any atom is -0.475 e. The first-order valence-corrected chi connectivity index (χ1v) is 7.84. The maximum atomic E-state index is 12.3. The second-order valence-electron chi connectivity index (χ2n) is 6.30. The van der Waals surface area contributed by atoms with E-state index >= 15 is 0 Å². The summed E-state index contributed by atoms with van der Waals surface area (Å²) in [5.74, 6) is 0.412. The number of ether oxygens (including phenoxy) is 2. The Hall–Kier alpha value is -1.56. The molecule has 22 heavy (non-hydrogen) atoms. The predicted octanol–water partition coefficient (Wildman–Crippen LogP) is 3.30. The van der Waals surface area contributed by atoms with Crippen molar-refractivity contribution in [3.8, 4) is 5.88 Å². The van der Waals surface area contributed by atoms with Crippen molar-refractivity contribution < 1.29 is 14.3 Å². The fraction of sp³-hybridized carbons (Fsp3) is 0.667. The molecular formula is C15H22ClN3O3. The van der Waals surface area contributed by atoms with Crippen molar-refractivity contribution in [3.63, 3.8) is 0 Å². The summed E-state index contributed by atoms with van der Waals surface area (Å²) < 4.78 is 11.1. The van der Waals surface area contributed by atoms with Crippen molar-refractivity contribution in [2.24, 2.45) is 0 Å². The normalized spacial score (nSPS) is 18.9. The lowest BCUT2D eigenvalue weighted by molar-refractivity contribution is 0.00334. The summed E-state index contributed by atoms with van der Waals surface area (Å²) in [5, 5.41) is 0.144. The van der Waals surface area contributed by atoms with E-state index < -0.39 is 5.60 Å². The Morgan fingerprint density at radius 2 is 2.23 bits per heavy atom. The molecule has 1 aliphatic rings. The van der Waals surface area contributed by atoms with Crippen LogP contribution in [0.5, 0.6) is 5.88 Å². The first-order chi connectivity index (χ1) is 10.3. The number of carbonyl (C=O) groups is 1. The van der Waals surface area contributed by atoms with E-state index in [-0.39, 0.29) is 17.4 Å². The number of likely N-dealkylation sites (tertiary alicyclic amines) is 1. The molecule has 0 bridgehead atoms. The Balaban J connectivity index is 1.96. The Morgan fingerprint density at radius 3 is 2.91 bits per heavy atom. The maximum absolute atomic E-state index is 12.3. The SMILES string of the molecule is CC(C)(C)OC(=O)N1CCCC[C@H]1COc1ccnc(Cl)n1. The van der Waals surface area contributed by atoms with E-state index in [2.05, 4.69) is 9.97 Å². The van der Waals surface area contributed by atoms with Crippen LogP contribution in [0.1, 0.15) is 40.0 Å². The van der Waals surface area contributed by atoms with E-state index in [0.29, 0.717) is 19.0 Å². The smallest absolute Gasteiger partial charge is 0.410 e. The number of hydrogen-bond donors (Lipinski definition) is 0. The Kier molecular flexibility index (Phi) is 5.45. The standard InChI is InChI=1S/C15H22ClN3O3/c1-15(2,3)22-14(20)19-9-5-4-6-11(19)10-21-12-7-8-17-13(16)18-12/h7-8,11H,4-6,9-10H2,1-3H3/t11-/m0/s1. The summed E-state index contributed by atoms with van der Waals surface area (Å²) in [7, 11) is 0. The third-order valence-electron chi connectivity index (χ3n) is 3.28. The van der Waals surface area contributed by atoms with Crippen LogP contribution in [-0.4, -0.2) is 45.8 Å². The molecular weight excluding hydrogens is 306 g/mol. The van der Waals surface area contributed by atoms with Crippen LogP contribution in [0.25, 0.3) is 0 Å². The molecule has 0 aromatic carbocycles. The molecule has 1 aromatic rings. The van der Waals surface area contributed by atoms with Crippen LogP contribution >= 0.6 is 11.6 Å². The van der Waals surface area contributed by atoms with Gasteiger partial charge in [-0.25, -0.2) is 9.78 Å². The van der Waals surface area contributed by atoms with Gasteiger partial charge in [0, 0.05) is 18.8 Å². The molecule has 2 rings (SSSR count). The minimum atomic E-state index is -0.500. The number of rotatable bonds is 3. The highest BCUT2D eigenvalue weighted by Crippen LogP contribution is 2.21. The van der Waals surface area contributed by atoms with E-state index in [0.717, 1.165) is 19.3 Å². The summed E-state index contributed by atoms with van der Waals surface area (Å²) >= 11 is 5.73. The summed E-state index contributed by atoms with van der Waals surface area (Å²) in [6.07, 6.45) is 4.18. The van der Waals surface area contributed by atoms with Gasteiger partial charge in [-0.05, 0) is 51.6 Å². The van der Waals surface area contributed by atoms with Gasteiger partial charge >= 0.3 is 6.09 Å². The molecule has 0 aliphatic carbocycles. The first kappa shape index (κ1) is 16.8. The largest absolute Gasteiger partial charge is 0.475 e. The Labute approximate surface area is 135 Å². The molecule has 7 heteroatoms. The van der Waals surface area contributed by atoms with Crippen LogP contribution in [0.15, 0.2) is 12.3 Å². The van der Waals surface area contributed by atoms with Gasteiger partial charge in [0.25, 0.3) is 0 Å². The number of piperidine rings is 1. The van der Waals surface area contributed by atoms with Gasteiger partial charge in [0.1, 0.15) is 12.2 Å². The van der Waals surface area contributed by atoms with Gasteiger partial charge in [-0.2, -0.15) is 4.98 Å². The summed E-state index contributed by atoms with van der Waals surface area (Å²) in [4.78, 5) is 21.8. The summed E-state index contributed by atoms with van der Waals surface area (Å²) in [6, 6.07) is 1.63. The summed E-state index contributed by atoms with van der Waals surface area (Å²) in [5.41, 5.74) is -0.500. The monoisotopic (exact) mass is 327 g/mol.